The van der Waals surface area contributed by atoms with Crippen molar-refractivity contribution in [3.63, 3.8) is 0 Å². The molecule has 0 radical (unpaired) electrons. The number of ether oxygens (including phenoxy) is 2. The number of alkyl halides is 1. The lowest BCUT2D eigenvalue weighted by Crippen LogP contribution is -2.32. The van der Waals surface area contributed by atoms with Gasteiger partial charge in [0.2, 0.25) is 11.7 Å². The summed E-state index contributed by atoms with van der Waals surface area (Å²) < 4.78 is 10.1. The third-order valence-electron chi connectivity index (χ3n) is 5.11. The molecule has 0 aromatic heterocycles. The third-order valence-corrected chi connectivity index (χ3v) is 5.58. The molecule has 0 spiro atoms. The number of methoxy groups -OCH3 is 1. The van der Waals surface area contributed by atoms with Gasteiger partial charge in [-0.05, 0) is 48.5 Å². The highest BCUT2D eigenvalue weighted by Gasteiger charge is 2.38. The smallest absolute Gasteiger partial charge is 0.337 e. The van der Waals surface area contributed by atoms with Gasteiger partial charge in [-0.25, -0.2) is 4.79 Å². The molecule has 1 aliphatic heterocycles. The maximum absolute atomic E-state index is 12.8. The summed E-state index contributed by atoms with van der Waals surface area (Å²) in [6.07, 6.45) is -0.946. The van der Waals surface area contributed by atoms with Crippen LogP contribution < -0.4 is 4.90 Å². The van der Waals surface area contributed by atoms with E-state index in [0.29, 0.717) is 21.8 Å². The molecule has 0 N–H and O–H groups in total. The van der Waals surface area contributed by atoms with Crippen LogP contribution in [0.2, 0.25) is 5.02 Å². The van der Waals surface area contributed by atoms with Gasteiger partial charge in [0.1, 0.15) is 0 Å². The highest BCUT2D eigenvalue weighted by molar-refractivity contribution is 6.30. The fraction of sp³-hybridized carbons (Fsp3) is 0.304. The molecule has 0 unspecified atom stereocenters. The van der Waals surface area contributed by atoms with Crippen LogP contribution in [0.25, 0.3) is 0 Å². The van der Waals surface area contributed by atoms with Crippen LogP contribution in [0.1, 0.15) is 33.6 Å². The van der Waals surface area contributed by atoms with Gasteiger partial charge in [0, 0.05) is 41.5 Å². The van der Waals surface area contributed by atoms with E-state index < -0.39 is 24.0 Å². The predicted octanol–water partition coefficient (Wildman–Crippen LogP) is 3.90. The topological polar surface area (TPSA) is 90.0 Å². The monoisotopic (exact) mass is 477 g/mol. The highest BCUT2D eigenvalue weighted by Crippen LogP contribution is 2.27. The molecule has 7 nitrogen and oxygen atoms in total. The Balaban J connectivity index is 1.67. The summed E-state index contributed by atoms with van der Waals surface area (Å²) in [6.45, 7) is 0.109. The minimum atomic E-state index is -1.05. The van der Waals surface area contributed by atoms with Crippen molar-refractivity contribution in [3.8, 4) is 0 Å². The summed E-state index contributed by atoms with van der Waals surface area (Å²) in [5, 5.41) is 0.483. The number of benzene rings is 2. The Hall–Kier alpha value is -2.90. The van der Waals surface area contributed by atoms with Gasteiger partial charge < -0.3 is 14.4 Å². The molecule has 1 aliphatic rings. The molecule has 1 fully saturated rings. The summed E-state index contributed by atoms with van der Waals surface area (Å²) in [5.41, 5.74) is 1.25. The van der Waals surface area contributed by atoms with E-state index in [4.69, 9.17) is 27.9 Å². The van der Waals surface area contributed by atoms with Crippen molar-refractivity contribution in [1.29, 1.82) is 0 Å². The van der Waals surface area contributed by atoms with Gasteiger partial charge >= 0.3 is 11.9 Å². The molecule has 0 bridgehead atoms. The Morgan fingerprint density at radius 3 is 2.28 bits per heavy atom. The maximum atomic E-state index is 12.8. The van der Waals surface area contributed by atoms with Crippen molar-refractivity contribution >= 4 is 52.5 Å². The van der Waals surface area contributed by atoms with Crippen LogP contribution in [-0.2, 0) is 19.1 Å². The SMILES string of the molecule is COC(=O)c1ccc(N2C[C@@H](C(=O)O[C@@H](CCCl)C(=O)c3ccc(Cl)cc3)CC2=O)cc1. The molecule has 32 heavy (non-hydrogen) atoms. The van der Waals surface area contributed by atoms with Crippen LogP contribution in [0.3, 0.4) is 0 Å². The molecule has 1 amide bonds. The number of carbonyl (C=O) groups is 4. The lowest BCUT2D eigenvalue weighted by Gasteiger charge is -2.19. The van der Waals surface area contributed by atoms with E-state index in [1.807, 2.05) is 0 Å². The van der Waals surface area contributed by atoms with Crippen LogP contribution in [0.4, 0.5) is 5.69 Å². The first kappa shape index (κ1) is 23.8. The molecule has 2 atom stereocenters. The van der Waals surface area contributed by atoms with Crippen molar-refractivity contribution in [3.05, 3.63) is 64.7 Å². The first-order valence-electron chi connectivity index (χ1n) is 9.89. The number of hydrogen-bond donors (Lipinski definition) is 0. The molecule has 0 saturated carbocycles. The lowest BCUT2D eigenvalue weighted by molar-refractivity contribution is -0.151. The molecule has 2 aromatic rings. The van der Waals surface area contributed by atoms with Gasteiger partial charge in [-0.2, -0.15) is 0 Å². The van der Waals surface area contributed by atoms with Crippen molar-refractivity contribution in [1.82, 2.24) is 0 Å². The predicted molar refractivity (Wildman–Crippen MR) is 119 cm³/mol. The third kappa shape index (κ3) is 5.47. The molecule has 3 rings (SSSR count). The summed E-state index contributed by atoms with van der Waals surface area (Å²) in [6, 6.07) is 12.6. The number of carbonyl (C=O) groups excluding carboxylic acids is 4. The van der Waals surface area contributed by atoms with E-state index in [0.717, 1.165) is 0 Å². The Bertz CT molecular complexity index is 1010. The average molecular weight is 478 g/mol. The minimum Gasteiger partial charge on any atom is -0.465 e. The number of nitrogens with zero attached hydrogens (tertiary/aromatic N) is 1. The number of rotatable bonds is 8. The van der Waals surface area contributed by atoms with Crippen LogP contribution in [0, 0.1) is 5.92 Å². The van der Waals surface area contributed by atoms with Crippen LogP contribution in [-0.4, -0.2) is 49.3 Å². The zero-order valence-electron chi connectivity index (χ0n) is 17.3. The largest absolute Gasteiger partial charge is 0.465 e. The van der Waals surface area contributed by atoms with Crippen LogP contribution in [0.5, 0.6) is 0 Å². The summed E-state index contributed by atoms with van der Waals surface area (Å²) >= 11 is 11.7. The molecule has 2 aromatic carbocycles. The molecule has 9 heteroatoms. The average Bonchev–Trinajstić information content (AvgIpc) is 3.20. The first-order valence-corrected chi connectivity index (χ1v) is 10.8. The van der Waals surface area contributed by atoms with Gasteiger partial charge in [0.05, 0.1) is 18.6 Å². The van der Waals surface area contributed by atoms with Crippen molar-refractivity contribution < 1.29 is 28.7 Å². The summed E-state index contributed by atoms with van der Waals surface area (Å²) in [5.74, 6) is -2.35. The number of hydrogen-bond acceptors (Lipinski definition) is 6. The Morgan fingerprint density at radius 1 is 1.06 bits per heavy atom. The second-order valence-electron chi connectivity index (χ2n) is 7.22. The fourth-order valence-electron chi connectivity index (χ4n) is 3.39. The summed E-state index contributed by atoms with van der Waals surface area (Å²) in [4.78, 5) is 51.0. The van der Waals surface area contributed by atoms with E-state index in [1.165, 1.54) is 12.0 Å². The van der Waals surface area contributed by atoms with E-state index in [2.05, 4.69) is 4.74 Å². The van der Waals surface area contributed by atoms with E-state index in [9.17, 15) is 19.2 Å². The second kappa shape index (κ2) is 10.6. The standard InChI is InChI=1S/C23H21Cl2NO6/c1-31-22(29)15-4-8-18(9-5-15)26-13-16(12-20(26)27)23(30)32-19(10-11-24)21(28)14-2-6-17(25)7-3-14/h2-9,16,19H,10-13H2,1H3/t16-,19-/m0/s1. The Kier molecular flexibility index (Phi) is 7.88. The zero-order chi connectivity index (χ0) is 23.3. The lowest BCUT2D eigenvalue weighted by atomic mass is 10.0. The molecule has 168 valence electrons. The number of Topliss-reactive ketones (excluding diaryl/α,β-unsaturated/α-hetero) is 1. The number of anilines is 1. The second-order valence-corrected chi connectivity index (χ2v) is 8.03. The van der Waals surface area contributed by atoms with Gasteiger partial charge in [0.25, 0.3) is 0 Å². The van der Waals surface area contributed by atoms with Crippen LogP contribution >= 0.6 is 23.2 Å². The summed E-state index contributed by atoms with van der Waals surface area (Å²) in [7, 11) is 1.28. The van der Waals surface area contributed by atoms with E-state index >= 15 is 0 Å². The van der Waals surface area contributed by atoms with Crippen LogP contribution in [0.15, 0.2) is 48.5 Å². The first-order chi connectivity index (χ1) is 15.3. The number of amides is 1. The van der Waals surface area contributed by atoms with Crippen molar-refractivity contribution in [2.75, 3.05) is 24.4 Å². The maximum Gasteiger partial charge on any atom is 0.337 e. The van der Waals surface area contributed by atoms with Gasteiger partial charge in [0.15, 0.2) is 6.10 Å². The molecule has 0 aliphatic carbocycles. The minimum absolute atomic E-state index is 0.0414. The molecule has 1 saturated heterocycles. The number of esters is 2. The number of ketones is 1. The van der Waals surface area contributed by atoms with Gasteiger partial charge in [-0.15, -0.1) is 11.6 Å². The fourth-order valence-corrected chi connectivity index (χ4v) is 3.71. The van der Waals surface area contributed by atoms with E-state index in [1.54, 1.807) is 48.5 Å². The molecule has 1 heterocycles. The highest BCUT2D eigenvalue weighted by atomic mass is 35.5. The Labute approximate surface area is 195 Å². The van der Waals surface area contributed by atoms with Gasteiger partial charge in [-0.3, -0.25) is 14.4 Å². The zero-order valence-corrected chi connectivity index (χ0v) is 18.8. The van der Waals surface area contributed by atoms with Crippen molar-refractivity contribution in [2.24, 2.45) is 5.92 Å². The van der Waals surface area contributed by atoms with E-state index in [-0.39, 0.29) is 37.0 Å². The quantitative estimate of drug-likeness (QED) is 0.325. The number of halogens is 2. The molecular weight excluding hydrogens is 457 g/mol. The van der Waals surface area contributed by atoms with Gasteiger partial charge in [-0.1, -0.05) is 11.6 Å². The van der Waals surface area contributed by atoms with Crippen molar-refractivity contribution in [2.45, 2.75) is 18.9 Å². The normalized spacial score (nSPS) is 16.5. The molecular formula is C23H21Cl2NO6. The Morgan fingerprint density at radius 2 is 1.69 bits per heavy atom.